The fourth-order valence-electron chi connectivity index (χ4n) is 2.67. The second kappa shape index (κ2) is 9.20. The fraction of sp³-hybridized carbons (Fsp3) is 0.0500. The van der Waals surface area contributed by atoms with E-state index in [9.17, 15) is 36.6 Å². The highest BCUT2D eigenvalue weighted by Gasteiger charge is 2.32. The van der Waals surface area contributed by atoms with Gasteiger partial charge in [-0.25, -0.2) is 13.6 Å². The van der Waals surface area contributed by atoms with Crippen LogP contribution in [-0.4, -0.2) is 22.0 Å². The number of aromatic nitrogens is 1. The number of halogens is 7. The van der Waals surface area contributed by atoms with Gasteiger partial charge in [0, 0.05) is 11.8 Å². The minimum absolute atomic E-state index is 0.0525. The highest BCUT2D eigenvalue weighted by atomic mass is 35.5. The summed E-state index contributed by atoms with van der Waals surface area (Å²) in [4.78, 5) is 27.6. The van der Waals surface area contributed by atoms with Crippen molar-refractivity contribution in [1.29, 1.82) is 0 Å². The number of hydrogen-bond acceptors (Lipinski definition) is 4. The maximum absolute atomic E-state index is 13.7. The van der Waals surface area contributed by atoms with Gasteiger partial charge in [0.2, 0.25) is 0 Å². The number of phenols is 1. The Bertz CT molecular complexity index is 1250. The van der Waals surface area contributed by atoms with E-state index in [0.29, 0.717) is 12.3 Å². The van der Waals surface area contributed by atoms with Gasteiger partial charge in [-0.2, -0.15) is 13.2 Å². The van der Waals surface area contributed by atoms with Crippen LogP contribution in [0.15, 0.2) is 42.6 Å². The number of urea groups is 1. The summed E-state index contributed by atoms with van der Waals surface area (Å²) in [5.41, 5.74) is -2.64. The third kappa shape index (κ3) is 5.15. The molecule has 0 atom stereocenters. The zero-order valence-corrected chi connectivity index (χ0v) is 17.4. The molecule has 2 aromatic carbocycles. The third-order valence-corrected chi connectivity index (χ3v) is 4.88. The van der Waals surface area contributed by atoms with Crippen molar-refractivity contribution >= 4 is 40.8 Å². The van der Waals surface area contributed by atoms with Gasteiger partial charge in [0.25, 0.3) is 5.91 Å². The summed E-state index contributed by atoms with van der Waals surface area (Å²) in [5, 5.41) is 13.2. The lowest BCUT2D eigenvalue weighted by Gasteiger charge is -2.14. The molecule has 13 heteroatoms. The highest BCUT2D eigenvalue weighted by Crippen LogP contribution is 2.42. The fourth-order valence-corrected chi connectivity index (χ4v) is 3.20. The van der Waals surface area contributed by atoms with Crippen molar-refractivity contribution in [3.8, 4) is 17.0 Å². The molecule has 0 radical (unpaired) electrons. The van der Waals surface area contributed by atoms with Gasteiger partial charge in [0.05, 0.1) is 27.0 Å². The van der Waals surface area contributed by atoms with Gasteiger partial charge in [-0.05, 0) is 30.3 Å². The number of anilines is 1. The van der Waals surface area contributed by atoms with Crippen molar-refractivity contribution < 1.29 is 36.6 Å². The van der Waals surface area contributed by atoms with E-state index in [4.69, 9.17) is 23.2 Å². The Morgan fingerprint density at radius 2 is 1.67 bits per heavy atom. The quantitative estimate of drug-likeness (QED) is 0.300. The summed E-state index contributed by atoms with van der Waals surface area (Å²) < 4.78 is 65.7. The van der Waals surface area contributed by atoms with Gasteiger partial charge >= 0.3 is 12.2 Å². The molecule has 0 saturated carbocycles. The molecule has 0 saturated heterocycles. The molecule has 3 aromatic rings. The Balaban J connectivity index is 1.82. The van der Waals surface area contributed by atoms with E-state index in [1.807, 2.05) is 0 Å². The molecular weight excluding hydrogens is 496 g/mol. The van der Waals surface area contributed by atoms with Crippen LogP contribution in [0.1, 0.15) is 15.9 Å². The average Bonchev–Trinajstić information content (AvgIpc) is 2.71. The number of alkyl halides is 3. The normalized spacial score (nSPS) is 11.2. The van der Waals surface area contributed by atoms with Crippen LogP contribution >= 0.6 is 23.2 Å². The Hall–Kier alpha value is -3.44. The molecule has 6 nitrogen and oxygen atoms in total. The maximum Gasteiger partial charge on any atom is 0.417 e. The smallest absolute Gasteiger partial charge is 0.417 e. The number of nitrogens with one attached hydrogen (secondary N) is 2. The van der Waals surface area contributed by atoms with Crippen molar-refractivity contribution in [1.82, 2.24) is 10.3 Å². The Labute approximate surface area is 192 Å². The molecule has 0 bridgehead atoms. The zero-order chi connectivity index (χ0) is 24.5. The monoisotopic (exact) mass is 505 g/mol. The van der Waals surface area contributed by atoms with E-state index in [0.717, 1.165) is 24.3 Å². The first kappa shape index (κ1) is 24.2. The van der Waals surface area contributed by atoms with E-state index >= 15 is 0 Å². The second-order valence-corrected chi connectivity index (χ2v) is 7.17. The number of carbonyl (C=O) groups is 2. The average molecular weight is 506 g/mol. The van der Waals surface area contributed by atoms with Crippen LogP contribution in [0.25, 0.3) is 11.3 Å². The number of aromatic hydroxyl groups is 1. The first-order chi connectivity index (χ1) is 15.4. The number of benzene rings is 2. The summed E-state index contributed by atoms with van der Waals surface area (Å²) >= 11 is 11.9. The molecule has 33 heavy (non-hydrogen) atoms. The molecular formula is C20H10Cl2F5N3O3. The van der Waals surface area contributed by atoms with E-state index < -0.39 is 56.7 Å². The summed E-state index contributed by atoms with van der Waals surface area (Å²) in [6.07, 6.45) is -4.15. The number of hydrogen-bond donors (Lipinski definition) is 3. The van der Waals surface area contributed by atoms with Gasteiger partial charge in [-0.15, -0.1) is 0 Å². The Morgan fingerprint density at radius 1 is 1.03 bits per heavy atom. The Morgan fingerprint density at radius 3 is 2.24 bits per heavy atom. The van der Waals surface area contributed by atoms with Gasteiger partial charge in [0.15, 0.2) is 5.75 Å². The van der Waals surface area contributed by atoms with Crippen molar-refractivity contribution in [3.05, 3.63) is 75.4 Å². The topological polar surface area (TPSA) is 91.3 Å². The van der Waals surface area contributed by atoms with Crippen LogP contribution in [0.3, 0.4) is 0 Å². The van der Waals surface area contributed by atoms with E-state index in [2.05, 4.69) is 10.3 Å². The van der Waals surface area contributed by atoms with Crippen LogP contribution in [-0.2, 0) is 6.18 Å². The number of imide groups is 1. The first-order valence-corrected chi connectivity index (χ1v) is 9.46. The highest BCUT2D eigenvalue weighted by molar-refractivity contribution is 6.37. The molecule has 3 N–H and O–H groups in total. The van der Waals surface area contributed by atoms with Crippen molar-refractivity contribution in [2.75, 3.05) is 5.32 Å². The molecule has 0 aliphatic heterocycles. The summed E-state index contributed by atoms with van der Waals surface area (Å²) in [7, 11) is 0. The number of rotatable bonds is 3. The lowest BCUT2D eigenvalue weighted by atomic mass is 10.1. The van der Waals surface area contributed by atoms with E-state index in [1.54, 1.807) is 5.32 Å². The van der Waals surface area contributed by atoms with E-state index in [1.165, 1.54) is 6.07 Å². The molecule has 0 spiro atoms. The van der Waals surface area contributed by atoms with Crippen molar-refractivity contribution in [2.45, 2.75) is 6.18 Å². The van der Waals surface area contributed by atoms with E-state index in [-0.39, 0.29) is 16.9 Å². The summed E-state index contributed by atoms with van der Waals surface area (Å²) in [5.74, 6) is -4.51. The standard InChI is InChI=1S/C20H10Cl2F5N3O3/c21-10-6-8(20(25,26)27)7-28-16(10)9-4-5-13(17(31)15(9)22)29-19(33)30-18(32)14-11(23)2-1-3-12(14)24/h1-7,31H,(H2,29,30,32,33). The number of amides is 3. The van der Waals surface area contributed by atoms with Crippen LogP contribution in [0.5, 0.6) is 5.75 Å². The number of carbonyl (C=O) groups excluding carboxylic acids is 2. The summed E-state index contributed by atoms with van der Waals surface area (Å²) in [6.45, 7) is 0. The van der Waals surface area contributed by atoms with Gasteiger partial charge in [-0.3, -0.25) is 15.1 Å². The molecule has 3 amide bonds. The SMILES string of the molecule is O=C(NC(=O)c1c(F)cccc1F)Nc1ccc(-c2ncc(C(F)(F)F)cc2Cl)c(Cl)c1O. The molecule has 0 aliphatic rings. The van der Waals surface area contributed by atoms with Gasteiger partial charge in [-0.1, -0.05) is 29.3 Å². The molecule has 3 rings (SSSR count). The lowest BCUT2D eigenvalue weighted by molar-refractivity contribution is -0.137. The molecule has 1 heterocycles. The molecule has 0 fully saturated rings. The molecule has 172 valence electrons. The maximum atomic E-state index is 13.7. The number of phenolic OH excluding ortho intramolecular Hbond substituents is 1. The largest absolute Gasteiger partial charge is 0.504 e. The molecule has 1 aromatic heterocycles. The second-order valence-electron chi connectivity index (χ2n) is 6.38. The minimum Gasteiger partial charge on any atom is -0.504 e. The van der Waals surface area contributed by atoms with Crippen LogP contribution in [0, 0.1) is 11.6 Å². The van der Waals surface area contributed by atoms with Crippen LogP contribution in [0.2, 0.25) is 10.0 Å². The predicted molar refractivity (Wildman–Crippen MR) is 109 cm³/mol. The van der Waals surface area contributed by atoms with Crippen molar-refractivity contribution in [2.24, 2.45) is 0 Å². The van der Waals surface area contributed by atoms with Crippen LogP contribution < -0.4 is 10.6 Å². The predicted octanol–water partition coefficient (Wildman–Crippen LogP) is 6.02. The third-order valence-electron chi connectivity index (χ3n) is 4.20. The zero-order valence-electron chi connectivity index (χ0n) is 15.9. The lowest BCUT2D eigenvalue weighted by Crippen LogP contribution is -2.35. The van der Waals surface area contributed by atoms with Gasteiger partial charge in [0.1, 0.15) is 17.2 Å². The number of pyridine rings is 1. The first-order valence-electron chi connectivity index (χ1n) is 8.71. The molecule has 0 unspecified atom stereocenters. The Kier molecular flexibility index (Phi) is 6.75. The summed E-state index contributed by atoms with van der Waals surface area (Å²) in [6, 6.07) is 4.33. The molecule has 0 aliphatic carbocycles. The van der Waals surface area contributed by atoms with Crippen molar-refractivity contribution in [3.63, 3.8) is 0 Å². The minimum atomic E-state index is -4.68. The van der Waals surface area contributed by atoms with Gasteiger partial charge < -0.3 is 10.4 Å². The number of nitrogens with zero attached hydrogens (tertiary/aromatic N) is 1. The van der Waals surface area contributed by atoms with Crippen LogP contribution in [0.4, 0.5) is 32.4 Å².